The molecule has 7 heteroatoms. The Morgan fingerprint density at radius 2 is 1.55 bits per heavy atom. The number of amides is 1. The monoisotopic (exact) mass is 552 g/mol. The standard InChI is InChI=1S/C35H32N6O/c1-25-15-17-26(18-16-25)23-32-37-33(31-24-36-41(34(31)38-32)28-11-3-2-4-12-28)39-19-8-20-40(22-21-39)35(42)30-14-7-10-27-9-5-6-13-29(27)30/h2-7,9-18,24H,8,19-23H2,1H3. The molecule has 4 aromatic carbocycles. The molecular weight excluding hydrogens is 520 g/mol. The first-order chi connectivity index (χ1) is 20.6. The second-order valence-corrected chi connectivity index (χ2v) is 10.9. The summed E-state index contributed by atoms with van der Waals surface area (Å²) in [5, 5.41) is 7.74. The number of carbonyl (C=O) groups excluding carboxylic acids is 1. The van der Waals surface area contributed by atoms with Gasteiger partial charge in [-0.3, -0.25) is 4.79 Å². The molecule has 6 aromatic rings. The Bertz CT molecular complexity index is 1870. The van der Waals surface area contributed by atoms with Crippen LogP contribution in [0.2, 0.25) is 0 Å². The van der Waals surface area contributed by atoms with Gasteiger partial charge in [0.1, 0.15) is 11.6 Å². The van der Waals surface area contributed by atoms with Gasteiger partial charge in [-0.1, -0.05) is 84.4 Å². The topological polar surface area (TPSA) is 67.2 Å². The summed E-state index contributed by atoms with van der Waals surface area (Å²) in [6.45, 7) is 4.89. The molecule has 0 spiro atoms. The van der Waals surface area contributed by atoms with Crippen molar-refractivity contribution in [2.75, 3.05) is 31.1 Å². The van der Waals surface area contributed by atoms with E-state index in [4.69, 9.17) is 15.1 Å². The number of rotatable bonds is 5. The molecule has 1 aliphatic heterocycles. The van der Waals surface area contributed by atoms with Gasteiger partial charge in [0, 0.05) is 38.2 Å². The number of carbonyl (C=O) groups is 1. The van der Waals surface area contributed by atoms with Crippen molar-refractivity contribution in [3.05, 3.63) is 126 Å². The number of hydrogen-bond donors (Lipinski definition) is 0. The molecule has 7 rings (SSSR count). The van der Waals surface area contributed by atoms with Crippen molar-refractivity contribution in [1.82, 2.24) is 24.6 Å². The number of para-hydroxylation sites is 1. The molecule has 1 aliphatic rings. The van der Waals surface area contributed by atoms with Gasteiger partial charge in [0.05, 0.1) is 17.3 Å². The van der Waals surface area contributed by atoms with Crippen molar-refractivity contribution < 1.29 is 4.79 Å². The Balaban J connectivity index is 1.22. The zero-order valence-electron chi connectivity index (χ0n) is 23.6. The lowest BCUT2D eigenvalue weighted by Gasteiger charge is -2.24. The molecule has 1 amide bonds. The van der Waals surface area contributed by atoms with Crippen LogP contribution in [0.25, 0.3) is 27.5 Å². The Morgan fingerprint density at radius 1 is 0.762 bits per heavy atom. The average molecular weight is 553 g/mol. The van der Waals surface area contributed by atoms with E-state index in [1.807, 2.05) is 76.4 Å². The molecule has 0 saturated carbocycles. The fourth-order valence-corrected chi connectivity index (χ4v) is 5.82. The van der Waals surface area contributed by atoms with Gasteiger partial charge < -0.3 is 9.80 Å². The van der Waals surface area contributed by atoms with E-state index in [-0.39, 0.29) is 5.91 Å². The number of aromatic nitrogens is 4. The first-order valence-electron chi connectivity index (χ1n) is 14.5. The van der Waals surface area contributed by atoms with E-state index in [2.05, 4.69) is 48.2 Å². The van der Waals surface area contributed by atoms with Gasteiger partial charge in [-0.05, 0) is 47.9 Å². The van der Waals surface area contributed by atoms with Gasteiger partial charge >= 0.3 is 0 Å². The van der Waals surface area contributed by atoms with E-state index in [9.17, 15) is 4.79 Å². The largest absolute Gasteiger partial charge is 0.354 e. The van der Waals surface area contributed by atoms with E-state index in [1.165, 1.54) is 11.1 Å². The highest BCUT2D eigenvalue weighted by atomic mass is 16.2. The predicted molar refractivity (Wildman–Crippen MR) is 167 cm³/mol. The van der Waals surface area contributed by atoms with Gasteiger partial charge in [0.15, 0.2) is 5.65 Å². The van der Waals surface area contributed by atoms with Crippen molar-refractivity contribution in [3.8, 4) is 5.69 Å². The highest BCUT2D eigenvalue weighted by molar-refractivity contribution is 6.07. The van der Waals surface area contributed by atoms with Crippen LogP contribution in [0.1, 0.15) is 33.7 Å². The lowest BCUT2D eigenvalue weighted by Crippen LogP contribution is -2.35. The van der Waals surface area contributed by atoms with Crippen molar-refractivity contribution >= 4 is 33.5 Å². The molecule has 2 aromatic heterocycles. The smallest absolute Gasteiger partial charge is 0.254 e. The molecular formula is C35H32N6O. The number of hydrogen-bond acceptors (Lipinski definition) is 5. The minimum atomic E-state index is 0.0819. The van der Waals surface area contributed by atoms with Crippen LogP contribution >= 0.6 is 0 Å². The highest BCUT2D eigenvalue weighted by Gasteiger charge is 2.25. The van der Waals surface area contributed by atoms with Crippen LogP contribution in [0.4, 0.5) is 5.82 Å². The van der Waals surface area contributed by atoms with Crippen LogP contribution in [0.5, 0.6) is 0 Å². The van der Waals surface area contributed by atoms with Crippen LogP contribution < -0.4 is 4.90 Å². The Morgan fingerprint density at radius 3 is 2.40 bits per heavy atom. The Hall–Kier alpha value is -5.04. The van der Waals surface area contributed by atoms with Gasteiger partial charge in [0.2, 0.25) is 0 Å². The molecule has 0 N–H and O–H groups in total. The summed E-state index contributed by atoms with van der Waals surface area (Å²) in [7, 11) is 0. The SMILES string of the molecule is Cc1ccc(Cc2nc(N3CCCN(C(=O)c4cccc5ccccc45)CC3)c3cnn(-c4ccccc4)c3n2)cc1. The third-order valence-corrected chi connectivity index (χ3v) is 8.04. The maximum atomic E-state index is 13.7. The van der Waals surface area contributed by atoms with E-state index in [1.54, 1.807) is 0 Å². The summed E-state index contributed by atoms with van der Waals surface area (Å²) in [5.41, 5.74) is 4.91. The van der Waals surface area contributed by atoms with Gasteiger partial charge in [-0.25, -0.2) is 14.6 Å². The Labute approximate surface area is 245 Å². The van der Waals surface area contributed by atoms with Gasteiger partial charge in [-0.15, -0.1) is 0 Å². The third kappa shape index (κ3) is 4.98. The summed E-state index contributed by atoms with van der Waals surface area (Å²) >= 11 is 0. The maximum Gasteiger partial charge on any atom is 0.254 e. The molecule has 42 heavy (non-hydrogen) atoms. The summed E-state index contributed by atoms with van der Waals surface area (Å²) in [6.07, 6.45) is 3.35. The first-order valence-corrected chi connectivity index (χ1v) is 14.5. The lowest BCUT2D eigenvalue weighted by atomic mass is 10.0. The zero-order chi connectivity index (χ0) is 28.5. The average Bonchev–Trinajstić information content (AvgIpc) is 3.30. The molecule has 7 nitrogen and oxygen atoms in total. The summed E-state index contributed by atoms with van der Waals surface area (Å²) in [4.78, 5) is 28.2. The zero-order valence-corrected chi connectivity index (χ0v) is 23.6. The predicted octanol–water partition coefficient (Wildman–Crippen LogP) is 6.22. The molecule has 0 bridgehead atoms. The highest BCUT2D eigenvalue weighted by Crippen LogP contribution is 2.28. The summed E-state index contributed by atoms with van der Waals surface area (Å²) in [5.74, 6) is 1.72. The number of benzene rings is 4. The summed E-state index contributed by atoms with van der Waals surface area (Å²) < 4.78 is 1.90. The molecule has 3 heterocycles. The first kappa shape index (κ1) is 25.9. The lowest BCUT2D eigenvalue weighted by molar-refractivity contribution is 0.0769. The van der Waals surface area contributed by atoms with Crippen molar-refractivity contribution in [1.29, 1.82) is 0 Å². The number of anilines is 1. The Kier molecular flexibility index (Phi) is 6.84. The van der Waals surface area contributed by atoms with E-state index < -0.39 is 0 Å². The molecule has 0 radical (unpaired) electrons. The minimum Gasteiger partial charge on any atom is -0.354 e. The fourth-order valence-electron chi connectivity index (χ4n) is 5.82. The molecule has 0 unspecified atom stereocenters. The van der Waals surface area contributed by atoms with Crippen LogP contribution in [0, 0.1) is 6.92 Å². The van der Waals surface area contributed by atoms with Crippen LogP contribution in [0.3, 0.4) is 0 Å². The molecule has 0 atom stereocenters. The molecule has 1 fully saturated rings. The normalized spacial score (nSPS) is 13.9. The number of fused-ring (bicyclic) bond motifs is 2. The number of nitrogens with zero attached hydrogens (tertiary/aromatic N) is 6. The third-order valence-electron chi connectivity index (χ3n) is 8.04. The minimum absolute atomic E-state index is 0.0819. The van der Waals surface area contributed by atoms with E-state index in [0.717, 1.165) is 57.7 Å². The molecule has 0 aliphatic carbocycles. The van der Waals surface area contributed by atoms with Crippen LogP contribution in [-0.2, 0) is 6.42 Å². The van der Waals surface area contributed by atoms with Crippen molar-refractivity contribution in [3.63, 3.8) is 0 Å². The van der Waals surface area contributed by atoms with Gasteiger partial charge in [0.25, 0.3) is 5.91 Å². The van der Waals surface area contributed by atoms with E-state index >= 15 is 0 Å². The second-order valence-electron chi connectivity index (χ2n) is 10.9. The van der Waals surface area contributed by atoms with Crippen molar-refractivity contribution in [2.24, 2.45) is 0 Å². The van der Waals surface area contributed by atoms with Crippen LogP contribution in [0.15, 0.2) is 103 Å². The molecule has 208 valence electrons. The van der Waals surface area contributed by atoms with Crippen LogP contribution in [-0.4, -0.2) is 56.7 Å². The summed E-state index contributed by atoms with van der Waals surface area (Å²) in [6, 6.07) is 32.7. The van der Waals surface area contributed by atoms with E-state index in [0.29, 0.717) is 26.1 Å². The fraction of sp³-hybridized carbons (Fsp3) is 0.200. The molecule has 1 saturated heterocycles. The number of aryl methyl sites for hydroxylation is 1. The maximum absolute atomic E-state index is 13.7. The van der Waals surface area contributed by atoms with Crippen molar-refractivity contribution in [2.45, 2.75) is 19.8 Å². The second kappa shape index (κ2) is 11.1. The van der Waals surface area contributed by atoms with Gasteiger partial charge in [-0.2, -0.15) is 5.10 Å². The quantitative estimate of drug-likeness (QED) is 0.254.